The van der Waals surface area contributed by atoms with Crippen molar-refractivity contribution in [1.82, 2.24) is 26.6 Å². The zero-order chi connectivity index (χ0) is 92.1. The van der Waals surface area contributed by atoms with Gasteiger partial charge in [-0.05, 0) is 6.92 Å². The predicted octanol–water partition coefficient (Wildman–Crippen LogP) is -21.1. The summed E-state index contributed by atoms with van der Waals surface area (Å²) in [6, 6.07) is -9.29. The first-order valence-electron chi connectivity index (χ1n) is 40.0. The molecule has 0 aromatic carbocycles. The number of rotatable bonds is 32. The number of carbonyl (C=O) groups excluding carboxylic acids is 5. The Morgan fingerprint density at radius 3 is 0.864 bits per heavy atom. The van der Waals surface area contributed by atoms with Gasteiger partial charge >= 0.3 is 0 Å². The van der Waals surface area contributed by atoms with E-state index in [1.807, 2.05) is 0 Å². The Bertz CT molecular complexity index is 3420. The van der Waals surface area contributed by atoms with Gasteiger partial charge in [0, 0.05) is 34.6 Å². The van der Waals surface area contributed by atoms with Crippen molar-refractivity contribution in [2.45, 2.75) is 348 Å². The number of nitrogens with one attached hydrogen (secondary N) is 5. The summed E-state index contributed by atoms with van der Waals surface area (Å²) in [7, 11) is 0. The molecule has 10 rings (SSSR count). The first-order chi connectivity index (χ1) is 59.1. The van der Waals surface area contributed by atoms with Crippen molar-refractivity contribution in [3.63, 3.8) is 0 Å². The number of hydrogen-bond donors (Lipinski definition) is 31. The molecule has 0 spiro atoms. The molecule has 0 bridgehead atoms. The maximum absolute atomic E-state index is 13.2. The third-order valence-corrected chi connectivity index (χ3v) is 22.8. The molecule has 10 aliphatic rings. The molecule has 10 heterocycles. The average molecular weight is 1830 g/mol. The Morgan fingerprint density at radius 2 is 0.496 bits per heavy atom. The van der Waals surface area contributed by atoms with Gasteiger partial charge < -0.3 is 249 Å². The molecule has 0 aromatic heterocycles. The van der Waals surface area contributed by atoms with E-state index in [0.29, 0.717) is 0 Å². The summed E-state index contributed by atoms with van der Waals surface area (Å²) in [5.41, 5.74) is 0. The molecule has 722 valence electrons. The summed E-state index contributed by atoms with van der Waals surface area (Å²) in [6.45, 7) is -3.84. The molecule has 50 atom stereocenters. The lowest BCUT2D eigenvalue weighted by atomic mass is 9.93. The maximum Gasteiger partial charge on any atom is 0.217 e. The van der Waals surface area contributed by atoms with E-state index in [4.69, 9.17) is 90.0 Å². The van der Waals surface area contributed by atoms with Crippen LogP contribution in [0.4, 0.5) is 0 Å². The molecule has 0 aliphatic carbocycles. The van der Waals surface area contributed by atoms with Gasteiger partial charge in [0.25, 0.3) is 0 Å². The average Bonchev–Trinajstić information content (AvgIpc) is 0.766. The Kier molecular flexibility index (Phi) is 36.8. The number of aliphatic hydroxyl groups excluding tert-OH is 26. The van der Waals surface area contributed by atoms with Crippen LogP contribution in [0.5, 0.6) is 0 Å². The van der Waals surface area contributed by atoms with Crippen LogP contribution in [0.1, 0.15) is 41.5 Å². The van der Waals surface area contributed by atoms with Crippen molar-refractivity contribution in [3.8, 4) is 0 Å². The van der Waals surface area contributed by atoms with E-state index in [2.05, 4.69) is 26.6 Å². The highest BCUT2D eigenvalue weighted by molar-refractivity contribution is 5.75. The lowest BCUT2D eigenvalue weighted by Gasteiger charge is -2.51. The SMILES string of the molecule is CC(=O)N[C@H]1[C@H](O[C@H]2[C@H](O)[C@H](O)C(O)O[C@@H]2CO[C@@H]2O[C@@H](C)[C@@H](O)[C@@H](O)[C@@H]2O)O[C@H](CO)[C@@H](O[C@@H]2O[C@H](CO[C@H]3O[C@H](CO)[C@@H](O)[C@H](O)[C@@H]3O[C@@H]3O[C@H](CO)[C@@H](O[C@@H]4O[C@H](CO)[C@H](O)[C@H](O)[C@H]4NC(C)=O)[C@H](O)[C@H]3NC(C)=O)[C@@H](O)[C@H](O[C@H]3O[C@H](CO)[C@@H](O)[C@H](O)[C@@H]3O[C@@H]3O[C@H](CO)[C@@H](O[C@@H]4O[C@H](CO)[C@H](O)[C@H](O)[C@H]4NC(C)=O)[C@H](O)[C@H]3NC(C)=O)[C@@H]2O)[C@@H]1O. The van der Waals surface area contributed by atoms with Gasteiger partial charge in [0.2, 0.25) is 29.5 Å². The van der Waals surface area contributed by atoms with Crippen LogP contribution in [0, 0.1) is 0 Å². The normalized spacial score (nSPS) is 48.7. The van der Waals surface area contributed by atoms with Crippen LogP contribution in [0.25, 0.3) is 0 Å². The molecule has 1 unspecified atom stereocenters. The second-order valence-corrected chi connectivity index (χ2v) is 31.7. The van der Waals surface area contributed by atoms with E-state index >= 15 is 0 Å². The van der Waals surface area contributed by atoms with Crippen LogP contribution in [-0.4, -0.2) is 529 Å². The molecular formula is C70H117N5O50. The Hall–Kier alpha value is -4.45. The summed E-state index contributed by atoms with van der Waals surface area (Å²) in [4.78, 5) is 64.1. The summed E-state index contributed by atoms with van der Waals surface area (Å²) in [5.74, 6) is -4.55. The van der Waals surface area contributed by atoms with E-state index in [1.54, 1.807) is 0 Å². The van der Waals surface area contributed by atoms with E-state index < -0.39 is 396 Å². The zero-order valence-electron chi connectivity index (χ0n) is 67.7. The van der Waals surface area contributed by atoms with Crippen molar-refractivity contribution in [3.05, 3.63) is 0 Å². The number of carbonyl (C=O) groups is 5. The topological polar surface area (TPSA) is 847 Å². The van der Waals surface area contributed by atoms with Gasteiger partial charge in [0.15, 0.2) is 62.9 Å². The molecule has 10 fully saturated rings. The highest BCUT2D eigenvalue weighted by Gasteiger charge is 2.62. The molecule has 0 saturated carbocycles. The Labute approximate surface area is 708 Å². The minimum atomic E-state index is -2.63. The zero-order valence-corrected chi connectivity index (χ0v) is 67.7. The second-order valence-electron chi connectivity index (χ2n) is 31.7. The number of ether oxygens (including phenoxy) is 19. The monoisotopic (exact) mass is 1830 g/mol. The van der Waals surface area contributed by atoms with Crippen LogP contribution in [0.2, 0.25) is 0 Å². The largest absolute Gasteiger partial charge is 0.394 e. The molecule has 0 radical (unpaired) electrons. The van der Waals surface area contributed by atoms with Gasteiger partial charge in [-0.25, -0.2) is 0 Å². The first kappa shape index (κ1) is 103. The van der Waals surface area contributed by atoms with Crippen LogP contribution in [-0.2, 0) is 114 Å². The van der Waals surface area contributed by atoms with Gasteiger partial charge in [0.05, 0.1) is 65.6 Å². The highest BCUT2D eigenvalue weighted by Crippen LogP contribution is 2.41. The van der Waals surface area contributed by atoms with E-state index in [-0.39, 0.29) is 0 Å². The summed E-state index contributed by atoms with van der Waals surface area (Å²) >= 11 is 0. The molecule has 5 amide bonds. The molecule has 55 nitrogen and oxygen atoms in total. The fraction of sp³-hybridized carbons (Fsp3) is 0.929. The van der Waals surface area contributed by atoms with Crippen molar-refractivity contribution >= 4 is 29.5 Å². The van der Waals surface area contributed by atoms with Crippen molar-refractivity contribution in [2.75, 3.05) is 59.5 Å². The minimum Gasteiger partial charge on any atom is -0.394 e. The Balaban J connectivity index is 0.983. The van der Waals surface area contributed by atoms with Gasteiger partial charge in [0.1, 0.15) is 238 Å². The molecule has 55 heteroatoms. The van der Waals surface area contributed by atoms with Crippen LogP contribution < -0.4 is 26.6 Å². The van der Waals surface area contributed by atoms with Gasteiger partial charge in [-0.2, -0.15) is 0 Å². The summed E-state index contributed by atoms with van der Waals surface area (Å²) in [6.07, 6.45) is -93.1. The van der Waals surface area contributed by atoms with Crippen molar-refractivity contribution in [2.24, 2.45) is 0 Å². The smallest absolute Gasteiger partial charge is 0.217 e. The molecule has 31 N–H and O–H groups in total. The second kappa shape index (κ2) is 44.9. The fourth-order valence-corrected chi connectivity index (χ4v) is 16.2. The van der Waals surface area contributed by atoms with Crippen LogP contribution in [0.15, 0.2) is 0 Å². The fourth-order valence-electron chi connectivity index (χ4n) is 16.2. The number of amides is 5. The van der Waals surface area contributed by atoms with E-state index in [0.717, 1.165) is 34.6 Å². The van der Waals surface area contributed by atoms with Crippen molar-refractivity contribution < 1.29 is 247 Å². The molecule has 125 heavy (non-hydrogen) atoms. The van der Waals surface area contributed by atoms with Gasteiger partial charge in [-0.1, -0.05) is 0 Å². The van der Waals surface area contributed by atoms with Crippen LogP contribution >= 0.6 is 0 Å². The number of hydrogen-bond acceptors (Lipinski definition) is 50. The quantitative estimate of drug-likeness (QED) is 0.0297. The van der Waals surface area contributed by atoms with Gasteiger partial charge in [-0.15, -0.1) is 0 Å². The third kappa shape index (κ3) is 23.1. The Morgan fingerprint density at radius 1 is 0.224 bits per heavy atom. The lowest BCUT2D eigenvalue weighted by molar-refractivity contribution is -0.398. The van der Waals surface area contributed by atoms with Gasteiger partial charge in [-0.3, -0.25) is 24.0 Å². The third-order valence-electron chi connectivity index (χ3n) is 22.8. The molecule has 10 saturated heterocycles. The highest BCUT2D eigenvalue weighted by atomic mass is 16.8. The maximum atomic E-state index is 13.2. The summed E-state index contributed by atoms with van der Waals surface area (Å²) < 4.78 is 114. The van der Waals surface area contributed by atoms with E-state index in [9.17, 15) is 157 Å². The van der Waals surface area contributed by atoms with Crippen LogP contribution in [0.3, 0.4) is 0 Å². The number of aliphatic hydroxyl groups is 26. The molecular weight excluding hydrogens is 1710 g/mol. The first-order valence-corrected chi connectivity index (χ1v) is 40.0. The summed E-state index contributed by atoms with van der Waals surface area (Å²) in [5, 5.41) is 304. The minimum absolute atomic E-state index is 0.810. The molecule has 0 aromatic rings. The van der Waals surface area contributed by atoms with Crippen molar-refractivity contribution in [1.29, 1.82) is 0 Å². The standard InChI is InChI=1S/C70H117N5O50/c1-16-36(88)47(99)52(104)67(109-16)107-15-30-57(50(102)51(103)61(106)110-30)121-64-33(73-19(4)85)46(98)56(28(13-82)115-64)122-68-53(105)58(123-70-60(49(101)40(92)25(10-79)114-70)125-66-35(75-21(6)87)45(97)55(27(12-81)117-66)120-63-32(72-18(3)84)43(95)38(90)23(8-77)112-63)41(93)29(118-68)14-108-69-59(48(100)39(91)24(9-78)113-69)124-65-34(74-20(5)86)44(96)54(26(11-80)116-65)119-62-31(71-17(2)83)42(94)37(89)22(7-76)111-62/h16,22-70,76-82,88-106H,7-15H2,1-6H3,(H,71,83)(H,72,84)(H,73,85)(H,74,86)(H,75,87)/t16-,22+,23+,24+,25+,26+,27+,28+,29+,30+,31+,32+,33+,34+,35+,36+,37-,38-,39+,40+,41+,42+,43+,44+,45+,46+,47+,48-,49-,50+,51-,52-,53-,54+,55+,56+,57+,58-,59-,60-,61?,62-,63-,64-,65-,66-,67+,68-,69-,70+/m0/s1. The lowest BCUT2D eigenvalue weighted by Crippen LogP contribution is -2.71. The molecule has 10 aliphatic heterocycles. The van der Waals surface area contributed by atoms with E-state index in [1.165, 1.54) is 6.92 Å². The predicted molar refractivity (Wildman–Crippen MR) is 386 cm³/mol.